The molecule has 0 radical (unpaired) electrons. The number of hydrogen-bond donors (Lipinski definition) is 5. The van der Waals surface area contributed by atoms with Crippen molar-refractivity contribution in [2.75, 3.05) is 18.1 Å². The van der Waals surface area contributed by atoms with E-state index in [0.717, 1.165) is 39.3 Å². The SMILES string of the molecule is CCC/C(=C\c1ccc(O)cc1Cl)CC[C@@H](O)C1=C(CO[Si](c2ccccc2)(c2ccccc2)C(C)(C)C)C[C@H]2C(=O)N(c3cccc(B(O)O)c3)C(=O)[C@H]2[C@H]1CO. The zero-order chi connectivity index (χ0) is 41.8. The van der Waals surface area contributed by atoms with E-state index in [2.05, 4.69) is 52.0 Å². The van der Waals surface area contributed by atoms with Crippen molar-refractivity contribution in [1.82, 2.24) is 0 Å². The topological polar surface area (TPSA) is 148 Å². The third-order valence-electron chi connectivity index (χ3n) is 11.7. The van der Waals surface area contributed by atoms with Gasteiger partial charge in [-0.1, -0.05) is 130 Å². The van der Waals surface area contributed by atoms with Gasteiger partial charge in [0.2, 0.25) is 11.8 Å². The summed E-state index contributed by atoms with van der Waals surface area (Å²) >= 11 is 6.48. The summed E-state index contributed by atoms with van der Waals surface area (Å²) in [6.07, 6.45) is 3.38. The summed E-state index contributed by atoms with van der Waals surface area (Å²) in [5.41, 5.74) is 3.33. The number of benzene rings is 4. The van der Waals surface area contributed by atoms with Gasteiger partial charge in [-0.3, -0.25) is 14.5 Å². The number of allylic oxidation sites excluding steroid dienone is 1. The van der Waals surface area contributed by atoms with Gasteiger partial charge in [0.1, 0.15) is 5.75 Å². The number of nitrogens with zero attached hydrogens (tertiary/aromatic N) is 1. The maximum absolute atomic E-state index is 14.4. The van der Waals surface area contributed by atoms with Crippen LogP contribution in [-0.4, -0.2) is 71.9 Å². The molecule has 0 aromatic heterocycles. The minimum atomic E-state index is -3.10. The third kappa shape index (κ3) is 8.67. The predicted molar refractivity (Wildman–Crippen MR) is 233 cm³/mol. The van der Waals surface area contributed by atoms with Gasteiger partial charge >= 0.3 is 7.12 Å². The summed E-state index contributed by atoms with van der Waals surface area (Å²) in [5.74, 6) is -3.57. The second-order valence-corrected chi connectivity index (χ2v) is 21.1. The first-order chi connectivity index (χ1) is 27.7. The Bertz CT molecular complexity index is 2120. The highest BCUT2D eigenvalue weighted by Gasteiger charge is 2.56. The Hall–Kier alpha value is -4.33. The second-order valence-electron chi connectivity index (χ2n) is 16.4. The number of halogens is 1. The van der Waals surface area contributed by atoms with Gasteiger partial charge < -0.3 is 29.8 Å². The molecule has 5 N–H and O–H groups in total. The minimum absolute atomic E-state index is 0.0633. The molecule has 4 aromatic rings. The lowest BCUT2D eigenvalue weighted by molar-refractivity contribution is -0.123. The van der Waals surface area contributed by atoms with Crippen molar-refractivity contribution in [2.24, 2.45) is 17.8 Å². The largest absolute Gasteiger partial charge is 0.508 e. The lowest BCUT2D eigenvalue weighted by Crippen LogP contribution is -2.66. The second kappa shape index (κ2) is 18.3. The average Bonchev–Trinajstić information content (AvgIpc) is 3.45. The van der Waals surface area contributed by atoms with Crippen LogP contribution >= 0.6 is 11.6 Å². The lowest BCUT2D eigenvalue weighted by atomic mass is 9.68. The van der Waals surface area contributed by atoms with E-state index in [1.54, 1.807) is 24.3 Å². The number of aliphatic hydroxyl groups is 2. The first-order valence-corrected chi connectivity index (χ1v) is 22.3. The Morgan fingerprint density at radius 1 is 0.931 bits per heavy atom. The monoisotopic (exact) mass is 821 g/mol. The van der Waals surface area contributed by atoms with Gasteiger partial charge in [0, 0.05) is 5.92 Å². The Balaban J connectivity index is 1.43. The fraction of sp³-hybridized carbons (Fsp3) is 0.348. The average molecular weight is 822 g/mol. The molecule has 9 nitrogen and oxygen atoms in total. The van der Waals surface area contributed by atoms with Gasteiger partial charge in [-0.15, -0.1) is 0 Å². The number of amides is 2. The van der Waals surface area contributed by atoms with Crippen LogP contribution in [0.1, 0.15) is 65.4 Å². The summed E-state index contributed by atoms with van der Waals surface area (Å²) in [4.78, 5) is 29.9. The zero-order valence-electron chi connectivity index (χ0n) is 33.5. The smallest absolute Gasteiger partial charge is 0.488 e. The van der Waals surface area contributed by atoms with Crippen LogP contribution in [0.2, 0.25) is 10.1 Å². The van der Waals surface area contributed by atoms with E-state index >= 15 is 0 Å². The molecule has 0 saturated carbocycles. The highest BCUT2D eigenvalue weighted by Crippen LogP contribution is 2.48. The highest BCUT2D eigenvalue weighted by molar-refractivity contribution is 6.99. The van der Waals surface area contributed by atoms with Gasteiger partial charge in [0.15, 0.2) is 0 Å². The molecule has 6 rings (SSSR count). The van der Waals surface area contributed by atoms with Gasteiger partial charge in [-0.25, -0.2) is 0 Å². The quantitative estimate of drug-likeness (QED) is 0.0580. The van der Waals surface area contributed by atoms with Crippen molar-refractivity contribution in [3.05, 3.63) is 130 Å². The number of hydrogen-bond acceptors (Lipinski definition) is 8. The fourth-order valence-corrected chi connectivity index (χ4v) is 13.8. The van der Waals surface area contributed by atoms with Crippen LogP contribution in [0.15, 0.2) is 120 Å². The van der Waals surface area contributed by atoms with Crippen molar-refractivity contribution in [2.45, 2.75) is 70.9 Å². The molecule has 1 saturated heterocycles. The number of phenols is 1. The normalized spacial score (nSPS) is 19.4. The van der Waals surface area contributed by atoms with Crippen LogP contribution in [-0.2, 0) is 14.0 Å². The first kappa shape index (κ1) is 43.3. The van der Waals surface area contributed by atoms with Gasteiger partial charge in [0.05, 0.1) is 41.9 Å². The van der Waals surface area contributed by atoms with Gasteiger partial charge in [0.25, 0.3) is 8.32 Å². The number of rotatable bonds is 15. The van der Waals surface area contributed by atoms with Crippen LogP contribution < -0.4 is 20.7 Å². The molecule has 1 fully saturated rings. The van der Waals surface area contributed by atoms with E-state index in [1.807, 2.05) is 42.5 Å². The highest BCUT2D eigenvalue weighted by atomic mass is 35.5. The summed E-state index contributed by atoms with van der Waals surface area (Å²) < 4.78 is 7.39. The molecule has 12 heteroatoms. The number of anilines is 1. The van der Waals surface area contributed by atoms with Crippen molar-refractivity contribution in [3.63, 3.8) is 0 Å². The molecule has 0 bridgehead atoms. The van der Waals surface area contributed by atoms with Crippen LogP contribution in [0.5, 0.6) is 5.75 Å². The molecular weight excluding hydrogens is 769 g/mol. The Labute approximate surface area is 347 Å². The van der Waals surface area contributed by atoms with Crippen LogP contribution in [0.3, 0.4) is 0 Å². The number of phenolic OH excluding ortho intramolecular Hbond substituents is 1. The van der Waals surface area contributed by atoms with Gasteiger partial charge in [-0.05, 0) is 93.6 Å². The summed E-state index contributed by atoms with van der Waals surface area (Å²) in [6.45, 7) is 8.17. The van der Waals surface area contributed by atoms with Crippen molar-refractivity contribution in [1.29, 1.82) is 0 Å². The van der Waals surface area contributed by atoms with Crippen LogP contribution in [0.4, 0.5) is 5.69 Å². The molecule has 2 aliphatic rings. The number of aromatic hydroxyl groups is 1. The van der Waals surface area contributed by atoms with Crippen LogP contribution in [0.25, 0.3) is 6.08 Å². The van der Waals surface area contributed by atoms with Crippen molar-refractivity contribution < 1.29 is 39.4 Å². The zero-order valence-corrected chi connectivity index (χ0v) is 35.3. The molecule has 4 aromatic carbocycles. The molecule has 4 atom stereocenters. The molecule has 0 spiro atoms. The summed E-state index contributed by atoms with van der Waals surface area (Å²) in [7, 11) is -4.90. The molecule has 2 amide bonds. The van der Waals surface area contributed by atoms with Gasteiger partial charge in [-0.2, -0.15) is 0 Å². The Kier molecular flexibility index (Phi) is 13.6. The lowest BCUT2D eigenvalue weighted by Gasteiger charge is -2.44. The van der Waals surface area contributed by atoms with E-state index in [-0.39, 0.29) is 41.4 Å². The van der Waals surface area contributed by atoms with E-state index in [0.29, 0.717) is 22.6 Å². The maximum atomic E-state index is 14.4. The van der Waals surface area contributed by atoms with E-state index in [1.165, 1.54) is 18.2 Å². The number of imide groups is 1. The van der Waals surface area contributed by atoms with Crippen molar-refractivity contribution >= 4 is 66.5 Å². The Morgan fingerprint density at radius 3 is 2.16 bits per heavy atom. The summed E-state index contributed by atoms with van der Waals surface area (Å²) in [6, 6.07) is 31.2. The van der Waals surface area contributed by atoms with Crippen molar-refractivity contribution in [3.8, 4) is 5.75 Å². The third-order valence-corrected chi connectivity index (χ3v) is 17.0. The standard InChI is InChI=1S/C46H53BClNO8Si/c1-5-13-30(24-31-21-22-35(51)27-40(31)48)20-23-41(52)42-32(29-57-58(46(2,3)4,36-16-8-6-9-17-36)37-18-10-7-11-19-37)25-38-43(39(42)28-50)45(54)49(44(38)53)34-15-12-14-33(26-34)47(55)56/h6-12,14-19,21-22,24,26-27,38-39,41,43,50-52,55-56H,5,13,20,23,25,28-29H2,1-4H3/b30-24+/t38-,39+,41-,43-/m1/s1. The predicted octanol–water partition coefficient (Wildman–Crippen LogP) is 5.74. The summed E-state index contributed by atoms with van der Waals surface area (Å²) in [5, 5.41) is 55.4. The van der Waals surface area contributed by atoms with E-state index in [4.69, 9.17) is 16.0 Å². The molecule has 1 aliphatic carbocycles. The molecule has 0 unspecified atom stereocenters. The number of carbonyl (C=O) groups is 2. The Morgan fingerprint density at radius 2 is 1.59 bits per heavy atom. The molecule has 1 aliphatic heterocycles. The van der Waals surface area contributed by atoms with E-state index in [9.17, 15) is 35.0 Å². The maximum Gasteiger partial charge on any atom is 0.488 e. The van der Waals surface area contributed by atoms with E-state index < -0.39 is 57.7 Å². The number of fused-ring (bicyclic) bond motifs is 1. The minimum Gasteiger partial charge on any atom is -0.508 e. The fourth-order valence-electron chi connectivity index (χ4n) is 9.05. The number of aliphatic hydroxyl groups excluding tert-OH is 2. The molecular formula is C46H53BClNO8Si. The molecule has 58 heavy (non-hydrogen) atoms. The van der Waals surface area contributed by atoms with Crippen LogP contribution in [0, 0.1) is 17.8 Å². The molecule has 1 heterocycles. The molecule has 304 valence electrons. The first-order valence-electron chi connectivity index (χ1n) is 20.0. The number of carbonyl (C=O) groups excluding carboxylic acids is 2.